The van der Waals surface area contributed by atoms with E-state index < -0.39 is 5.54 Å². The molecule has 1 unspecified atom stereocenters. The van der Waals surface area contributed by atoms with Gasteiger partial charge >= 0.3 is 0 Å². The first-order chi connectivity index (χ1) is 6.99. The van der Waals surface area contributed by atoms with Crippen LogP contribution in [-0.2, 0) is 4.79 Å². The van der Waals surface area contributed by atoms with Gasteiger partial charge in [-0.25, -0.2) is 0 Å². The minimum absolute atomic E-state index is 0.165. The minimum Gasteiger partial charge on any atom is -0.394 e. The molecule has 0 aliphatic heterocycles. The fraction of sp³-hybridized carbons (Fsp3) is 0.900. The monoisotopic (exact) mass is 218 g/mol. The number of hydrogen-bond donors (Lipinski definition) is 4. The van der Waals surface area contributed by atoms with Gasteiger partial charge in [0, 0.05) is 12.5 Å². The molecular formula is C10H22N2O3. The normalized spacial score (nSPS) is 13.7. The molecule has 0 saturated heterocycles. The summed E-state index contributed by atoms with van der Waals surface area (Å²) in [7, 11) is 0. The van der Waals surface area contributed by atoms with Crippen LogP contribution in [0.25, 0.3) is 0 Å². The fourth-order valence-corrected chi connectivity index (χ4v) is 1.00. The van der Waals surface area contributed by atoms with Crippen LogP contribution in [0.1, 0.15) is 20.8 Å². The highest BCUT2D eigenvalue weighted by atomic mass is 16.3. The van der Waals surface area contributed by atoms with Crippen molar-refractivity contribution in [3.8, 4) is 0 Å². The maximum absolute atomic E-state index is 11.6. The lowest BCUT2D eigenvalue weighted by Crippen LogP contribution is -2.54. The third-order valence-electron chi connectivity index (χ3n) is 2.27. The van der Waals surface area contributed by atoms with Crippen LogP contribution < -0.4 is 10.6 Å². The van der Waals surface area contributed by atoms with E-state index in [1.165, 1.54) is 0 Å². The highest BCUT2D eigenvalue weighted by molar-refractivity contribution is 5.79. The summed E-state index contributed by atoms with van der Waals surface area (Å²) in [6, 6.07) is 0. The molecule has 0 aliphatic rings. The number of aliphatic hydroxyl groups is 2. The van der Waals surface area contributed by atoms with E-state index in [0.29, 0.717) is 6.54 Å². The van der Waals surface area contributed by atoms with Gasteiger partial charge < -0.3 is 20.8 Å². The maximum atomic E-state index is 11.6. The van der Waals surface area contributed by atoms with Crippen LogP contribution in [0.2, 0.25) is 0 Å². The largest absolute Gasteiger partial charge is 0.394 e. The van der Waals surface area contributed by atoms with Gasteiger partial charge in [0.25, 0.3) is 0 Å². The van der Waals surface area contributed by atoms with Gasteiger partial charge in [0.05, 0.1) is 18.8 Å². The zero-order valence-corrected chi connectivity index (χ0v) is 9.71. The molecule has 0 bridgehead atoms. The lowest BCUT2D eigenvalue weighted by molar-refractivity contribution is -0.127. The molecule has 0 aliphatic carbocycles. The van der Waals surface area contributed by atoms with Gasteiger partial charge in [0.1, 0.15) is 0 Å². The molecule has 0 aromatic rings. The second kappa shape index (κ2) is 6.76. The first-order valence-corrected chi connectivity index (χ1v) is 5.23. The van der Waals surface area contributed by atoms with Gasteiger partial charge in [-0.2, -0.15) is 0 Å². The Bertz CT molecular complexity index is 193. The van der Waals surface area contributed by atoms with Crippen LogP contribution in [0.4, 0.5) is 0 Å². The Morgan fingerprint density at radius 2 is 1.93 bits per heavy atom. The van der Waals surface area contributed by atoms with Crippen molar-refractivity contribution in [3.05, 3.63) is 0 Å². The molecule has 90 valence electrons. The molecule has 1 atom stereocenters. The SMILES string of the molecule is CCNCC(C)C(=O)NC(C)(CO)CO. The zero-order chi connectivity index (χ0) is 11.9. The maximum Gasteiger partial charge on any atom is 0.224 e. The molecule has 0 rings (SSSR count). The molecule has 1 amide bonds. The Balaban J connectivity index is 4.10. The van der Waals surface area contributed by atoms with Crippen LogP contribution >= 0.6 is 0 Å². The van der Waals surface area contributed by atoms with Crippen LogP contribution in [0.5, 0.6) is 0 Å². The van der Waals surface area contributed by atoms with Crippen molar-refractivity contribution < 1.29 is 15.0 Å². The molecule has 0 saturated carbocycles. The summed E-state index contributed by atoms with van der Waals surface area (Å²) in [5.41, 5.74) is -0.933. The third kappa shape index (κ3) is 5.11. The average molecular weight is 218 g/mol. The van der Waals surface area contributed by atoms with Crippen molar-refractivity contribution in [3.63, 3.8) is 0 Å². The van der Waals surface area contributed by atoms with Gasteiger partial charge in [-0.3, -0.25) is 4.79 Å². The van der Waals surface area contributed by atoms with Gasteiger partial charge in [0.2, 0.25) is 5.91 Å². The molecule has 0 aromatic heterocycles. The van der Waals surface area contributed by atoms with E-state index in [1.807, 2.05) is 6.92 Å². The fourth-order valence-electron chi connectivity index (χ4n) is 1.00. The van der Waals surface area contributed by atoms with Gasteiger partial charge in [-0.1, -0.05) is 13.8 Å². The smallest absolute Gasteiger partial charge is 0.224 e. The average Bonchev–Trinajstić information content (AvgIpc) is 2.25. The number of hydrogen-bond acceptors (Lipinski definition) is 4. The summed E-state index contributed by atoms with van der Waals surface area (Å²) in [6.45, 7) is 6.23. The van der Waals surface area contributed by atoms with Gasteiger partial charge in [-0.15, -0.1) is 0 Å². The lowest BCUT2D eigenvalue weighted by Gasteiger charge is -2.27. The third-order valence-corrected chi connectivity index (χ3v) is 2.27. The number of aliphatic hydroxyl groups excluding tert-OH is 2. The number of amides is 1. The molecule has 15 heavy (non-hydrogen) atoms. The second-order valence-electron chi connectivity index (χ2n) is 4.07. The van der Waals surface area contributed by atoms with E-state index in [-0.39, 0.29) is 25.0 Å². The minimum atomic E-state index is -0.933. The van der Waals surface area contributed by atoms with Crippen LogP contribution in [0.3, 0.4) is 0 Å². The van der Waals surface area contributed by atoms with Gasteiger partial charge in [0.15, 0.2) is 0 Å². The summed E-state index contributed by atoms with van der Waals surface area (Å²) >= 11 is 0. The van der Waals surface area contributed by atoms with Crippen molar-refractivity contribution in [2.75, 3.05) is 26.3 Å². The van der Waals surface area contributed by atoms with Crippen molar-refractivity contribution in [2.45, 2.75) is 26.3 Å². The van der Waals surface area contributed by atoms with E-state index in [0.717, 1.165) is 6.54 Å². The predicted octanol–water partition coefficient (Wildman–Crippen LogP) is -0.908. The standard InChI is InChI=1S/C10H22N2O3/c1-4-11-5-8(2)9(15)12-10(3,6-13)7-14/h8,11,13-14H,4-7H2,1-3H3,(H,12,15). The first kappa shape index (κ1) is 14.3. The Hall–Kier alpha value is -0.650. The molecular weight excluding hydrogens is 196 g/mol. The van der Waals surface area contributed by atoms with Crippen molar-refractivity contribution in [1.82, 2.24) is 10.6 Å². The Kier molecular flexibility index (Phi) is 6.47. The molecule has 5 nitrogen and oxygen atoms in total. The Labute approximate surface area is 90.9 Å². The van der Waals surface area contributed by atoms with E-state index in [2.05, 4.69) is 10.6 Å². The quantitative estimate of drug-likeness (QED) is 0.446. The first-order valence-electron chi connectivity index (χ1n) is 5.23. The van der Waals surface area contributed by atoms with Gasteiger partial charge in [-0.05, 0) is 13.5 Å². The van der Waals surface area contributed by atoms with Crippen LogP contribution in [0.15, 0.2) is 0 Å². The van der Waals surface area contributed by atoms with Crippen LogP contribution in [-0.4, -0.2) is 48.0 Å². The molecule has 0 aromatic carbocycles. The Morgan fingerprint density at radius 1 is 1.40 bits per heavy atom. The number of carbonyl (C=O) groups is 1. The van der Waals surface area contributed by atoms with Crippen molar-refractivity contribution >= 4 is 5.91 Å². The van der Waals surface area contributed by atoms with E-state index in [1.54, 1.807) is 13.8 Å². The van der Waals surface area contributed by atoms with E-state index >= 15 is 0 Å². The summed E-state index contributed by atoms with van der Waals surface area (Å²) < 4.78 is 0. The van der Waals surface area contributed by atoms with E-state index in [4.69, 9.17) is 10.2 Å². The molecule has 5 heteroatoms. The number of carbonyl (C=O) groups excluding carboxylic acids is 1. The highest BCUT2D eigenvalue weighted by Crippen LogP contribution is 2.03. The van der Waals surface area contributed by atoms with Crippen molar-refractivity contribution in [1.29, 1.82) is 0 Å². The molecule has 0 heterocycles. The highest BCUT2D eigenvalue weighted by Gasteiger charge is 2.26. The molecule has 0 radical (unpaired) electrons. The molecule has 0 spiro atoms. The molecule has 4 N–H and O–H groups in total. The zero-order valence-electron chi connectivity index (χ0n) is 9.71. The summed E-state index contributed by atoms with van der Waals surface area (Å²) in [5, 5.41) is 23.7. The summed E-state index contributed by atoms with van der Waals surface area (Å²) in [6.07, 6.45) is 0. The Morgan fingerprint density at radius 3 is 2.33 bits per heavy atom. The number of rotatable bonds is 7. The topological polar surface area (TPSA) is 81.6 Å². The summed E-state index contributed by atoms with van der Waals surface area (Å²) in [5.74, 6) is -0.344. The number of nitrogens with one attached hydrogen (secondary N) is 2. The van der Waals surface area contributed by atoms with Crippen molar-refractivity contribution in [2.24, 2.45) is 5.92 Å². The predicted molar refractivity (Wildman–Crippen MR) is 58.4 cm³/mol. The van der Waals surface area contributed by atoms with Crippen LogP contribution in [0, 0.1) is 5.92 Å². The lowest BCUT2D eigenvalue weighted by atomic mass is 10.0. The summed E-state index contributed by atoms with van der Waals surface area (Å²) in [4.78, 5) is 11.6. The second-order valence-corrected chi connectivity index (χ2v) is 4.07. The molecule has 0 fully saturated rings. The van der Waals surface area contributed by atoms with E-state index in [9.17, 15) is 4.79 Å².